The van der Waals surface area contributed by atoms with E-state index in [2.05, 4.69) is 4.98 Å². The van der Waals surface area contributed by atoms with Crippen molar-refractivity contribution in [2.45, 2.75) is 26.8 Å². The van der Waals surface area contributed by atoms with Crippen LogP contribution in [0, 0.1) is 18.2 Å². The van der Waals surface area contributed by atoms with Gasteiger partial charge in [-0.05, 0) is 43.3 Å². The van der Waals surface area contributed by atoms with Crippen molar-refractivity contribution in [2.24, 2.45) is 5.41 Å². The number of fused-ring (bicyclic) bond motifs is 1. The summed E-state index contributed by atoms with van der Waals surface area (Å²) in [5.74, 6) is -1.44. The van der Waals surface area contributed by atoms with Gasteiger partial charge in [-0.1, -0.05) is 13.8 Å². The highest BCUT2D eigenvalue weighted by Crippen LogP contribution is 2.33. The second kappa shape index (κ2) is 7.33. The third kappa shape index (κ3) is 3.71. The maximum absolute atomic E-state index is 13.3. The number of nitrogens with zero attached hydrogens (tertiary/aromatic N) is 3. The summed E-state index contributed by atoms with van der Waals surface area (Å²) in [6, 6.07) is 6.84. The number of nitrogens with one attached hydrogen (secondary N) is 1. The summed E-state index contributed by atoms with van der Waals surface area (Å²) >= 11 is 0. The summed E-state index contributed by atoms with van der Waals surface area (Å²) in [6.45, 7) is 6.02. The number of imide groups is 1. The fraction of sp³-hybridized carbons (Fsp3) is 0.364. The first kappa shape index (κ1) is 20.8. The first-order valence-corrected chi connectivity index (χ1v) is 9.97. The SMILES string of the molecule is Cc1ccc(C(=O)N2CC3C(=O)N(c4ccc(F)cc4)C(=O)N3CC(C)(C)C2)c(=O)[nH]1. The highest BCUT2D eigenvalue weighted by atomic mass is 19.1. The molecule has 8 nitrogen and oxygen atoms in total. The van der Waals surface area contributed by atoms with E-state index in [1.165, 1.54) is 40.1 Å². The molecule has 2 fully saturated rings. The molecule has 4 rings (SSSR count). The molecule has 1 aromatic heterocycles. The number of urea groups is 1. The van der Waals surface area contributed by atoms with Crippen LogP contribution in [-0.2, 0) is 4.79 Å². The molecule has 1 N–H and O–H groups in total. The zero-order valence-corrected chi connectivity index (χ0v) is 17.5. The van der Waals surface area contributed by atoms with Crippen molar-refractivity contribution in [1.82, 2.24) is 14.8 Å². The number of benzene rings is 1. The number of aromatic amines is 1. The molecule has 2 aliphatic rings. The number of halogens is 1. The maximum Gasteiger partial charge on any atom is 0.332 e. The van der Waals surface area contributed by atoms with Crippen LogP contribution in [0.15, 0.2) is 41.2 Å². The predicted molar refractivity (Wildman–Crippen MR) is 111 cm³/mol. The largest absolute Gasteiger partial charge is 0.335 e. The highest BCUT2D eigenvalue weighted by molar-refractivity contribution is 6.21. The van der Waals surface area contributed by atoms with Gasteiger partial charge in [0.15, 0.2) is 0 Å². The summed E-state index contributed by atoms with van der Waals surface area (Å²) in [5, 5.41) is 0. The van der Waals surface area contributed by atoms with Crippen molar-refractivity contribution < 1.29 is 18.8 Å². The minimum atomic E-state index is -0.882. The number of aromatic nitrogens is 1. The van der Waals surface area contributed by atoms with E-state index in [0.717, 1.165) is 4.90 Å². The zero-order valence-electron chi connectivity index (χ0n) is 17.5. The molecule has 2 saturated heterocycles. The molecule has 0 saturated carbocycles. The Bertz CT molecular complexity index is 1130. The van der Waals surface area contributed by atoms with Gasteiger partial charge in [-0.25, -0.2) is 14.1 Å². The highest BCUT2D eigenvalue weighted by Gasteiger charge is 2.50. The molecule has 0 spiro atoms. The Morgan fingerprint density at radius 1 is 1.06 bits per heavy atom. The average molecular weight is 426 g/mol. The molecule has 9 heteroatoms. The number of rotatable bonds is 2. The number of pyridine rings is 1. The van der Waals surface area contributed by atoms with Gasteiger partial charge >= 0.3 is 6.03 Å². The molecule has 2 aromatic rings. The summed E-state index contributed by atoms with van der Waals surface area (Å²) < 4.78 is 13.3. The van der Waals surface area contributed by atoms with Crippen LogP contribution < -0.4 is 10.5 Å². The molecule has 1 atom stereocenters. The van der Waals surface area contributed by atoms with Crippen LogP contribution in [0.25, 0.3) is 0 Å². The van der Waals surface area contributed by atoms with Crippen molar-refractivity contribution in [2.75, 3.05) is 24.5 Å². The second-order valence-electron chi connectivity index (χ2n) is 8.81. The van der Waals surface area contributed by atoms with Gasteiger partial charge in [-0.15, -0.1) is 0 Å². The van der Waals surface area contributed by atoms with Crippen molar-refractivity contribution in [3.05, 3.63) is 63.8 Å². The molecule has 1 aromatic carbocycles. The molecule has 4 amide bonds. The number of carbonyl (C=O) groups is 3. The molecular weight excluding hydrogens is 403 g/mol. The van der Waals surface area contributed by atoms with Crippen molar-refractivity contribution in [3.63, 3.8) is 0 Å². The van der Waals surface area contributed by atoms with E-state index in [-0.39, 0.29) is 30.9 Å². The van der Waals surface area contributed by atoms with Gasteiger partial charge in [-0.3, -0.25) is 14.4 Å². The van der Waals surface area contributed by atoms with Gasteiger partial charge in [-0.2, -0.15) is 0 Å². The van der Waals surface area contributed by atoms with E-state index in [1.807, 2.05) is 13.8 Å². The molecule has 31 heavy (non-hydrogen) atoms. The van der Waals surface area contributed by atoms with Gasteiger partial charge in [0, 0.05) is 24.2 Å². The lowest BCUT2D eigenvalue weighted by atomic mass is 9.92. The van der Waals surface area contributed by atoms with Gasteiger partial charge < -0.3 is 14.8 Å². The van der Waals surface area contributed by atoms with E-state index >= 15 is 0 Å². The van der Waals surface area contributed by atoms with Gasteiger partial charge in [0.05, 0.1) is 12.2 Å². The molecule has 0 aliphatic carbocycles. The van der Waals surface area contributed by atoms with Crippen LogP contribution in [0.2, 0.25) is 0 Å². The van der Waals surface area contributed by atoms with E-state index < -0.39 is 40.7 Å². The Hall–Kier alpha value is -3.49. The predicted octanol–water partition coefficient (Wildman–Crippen LogP) is 2.14. The minimum Gasteiger partial charge on any atom is -0.335 e. The fourth-order valence-electron chi connectivity index (χ4n) is 4.19. The molecular formula is C22H23FN4O4. The average Bonchev–Trinajstić information content (AvgIpc) is 2.83. The Morgan fingerprint density at radius 3 is 2.39 bits per heavy atom. The van der Waals surface area contributed by atoms with Crippen LogP contribution in [0.5, 0.6) is 0 Å². The quantitative estimate of drug-likeness (QED) is 0.745. The number of anilines is 1. The van der Waals surface area contributed by atoms with Crippen LogP contribution in [0.3, 0.4) is 0 Å². The first-order valence-electron chi connectivity index (χ1n) is 9.97. The lowest BCUT2D eigenvalue weighted by Gasteiger charge is -2.30. The number of amides is 4. The Balaban J connectivity index is 1.68. The number of carbonyl (C=O) groups excluding carboxylic acids is 3. The van der Waals surface area contributed by atoms with E-state index in [4.69, 9.17) is 0 Å². The monoisotopic (exact) mass is 426 g/mol. The fourth-order valence-corrected chi connectivity index (χ4v) is 4.19. The minimum absolute atomic E-state index is 0.0120. The van der Waals surface area contributed by atoms with Crippen LogP contribution in [-0.4, -0.2) is 58.3 Å². The Morgan fingerprint density at radius 2 is 1.74 bits per heavy atom. The third-order valence-corrected chi connectivity index (χ3v) is 5.59. The normalized spacial score (nSPS) is 20.6. The summed E-state index contributed by atoms with van der Waals surface area (Å²) in [7, 11) is 0. The number of aryl methyl sites for hydroxylation is 1. The Kier molecular flexibility index (Phi) is 4.91. The van der Waals surface area contributed by atoms with E-state index in [0.29, 0.717) is 5.69 Å². The first-order chi connectivity index (χ1) is 14.6. The third-order valence-electron chi connectivity index (χ3n) is 5.59. The lowest BCUT2D eigenvalue weighted by Crippen LogP contribution is -2.45. The Labute approximate surface area is 178 Å². The van der Waals surface area contributed by atoms with E-state index in [9.17, 15) is 23.6 Å². The summed E-state index contributed by atoms with van der Waals surface area (Å²) in [6.07, 6.45) is 0. The van der Waals surface area contributed by atoms with Gasteiger partial charge in [0.2, 0.25) is 0 Å². The van der Waals surface area contributed by atoms with Gasteiger partial charge in [0.25, 0.3) is 17.4 Å². The second-order valence-corrected chi connectivity index (χ2v) is 8.81. The lowest BCUT2D eigenvalue weighted by molar-refractivity contribution is -0.119. The number of hydrogen-bond acceptors (Lipinski definition) is 4. The van der Waals surface area contributed by atoms with Crippen molar-refractivity contribution >= 4 is 23.5 Å². The van der Waals surface area contributed by atoms with Crippen LogP contribution in [0.1, 0.15) is 29.9 Å². The molecule has 162 valence electrons. The smallest absolute Gasteiger partial charge is 0.332 e. The molecule has 1 unspecified atom stereocenters. The summed E-state index contributed by atoms with van der Waals surface area (Å²) in [5.41, 5.74) is -0.116. The van der Waals surface area contributed by atoms with Crippen molar-refractivity contribution in [3.8, 4) is 0 Å². The van der Waals surface area contributed by atoms with E-state index in [1.54, 1.807) is 13.0 Å². The van der Waals surface area contributed by atoms with Crippen molar-refractivity contribution in [1.29, 1.82) is 0 Å². The number of H-pyrrole nitrogens is 1. The topological polar surface area (TPSA) is 93.8 Å². The van der Waals surface area contributed by atoms with Crippen LogP contribution >= 0.6 is 0 Å². The zero-order chi connectivity index (χ0) is 22.5. The molecule has 2 aliphatic heterocycles. The molecule has 0 bridgehead atoms. The maximum atomic E-state index is 13.3. The number of hydrogen-bond donors (Lipinski definition) is 1. The van der Waals surface area contributed by atoms with Gasteiger partial charge in [0.1, 0.15) is 17.4 Å². The molecule has 3 heterocycles. The summed E-state index contributed by atoms with van der Waals surface area (Å²) in [4.78, 5) is 58.3. The van der Waals surface area contributed by atoms with Crippen LogP contribution in [0.4, 0.5) is 14.9 Å². The standard InChI is InChI=1S/C22H23FN4O4/c1-13-4-9-16(18(28)24-13)19(29)25-10-17-20(30)27(15-7-5-14(23)6-8-15)21(31)26(17)12-22(2,3)11-25/h4-9,17H,10-12H2,1-3H3,(H,24,28). The molecule has 0 radical (unpaired) electrons.